The van der Waals surface area contributed by atoms with Crippen molar-refractivity contribution in [2.45, 2.75) is 38.1 Å². The van der Waals surface area contributed by atoms with Crippen LogP contribution in [0.2, 0.25) is 0 Å². The summed E-state index contributed by atoms with van der Waals surface area (Å²) in [7, 11) is 0. The lowest BCUT2D eigenvalue weighted by Crippen LogP contribution is -2.36. The number of nitrogens with two attached hydrogens (primary N) is 1. The molecule has 0 radical (unpaired) electrons. The highest BCUT2D eigenvalue weighted by atomic mass is 19.4. The maximum Gasteiger partial charge on any atom is 0.573 e. The van der Waals surface area contributed by atoms with Crippen molar-refractivity contribution in [2.75, 3.05) is 11.9 Å². The molecule has 0 heterocycles. The van der Waals surface area contributed by atoms with Crippen molar-refractivity contribution in [3.8, 4) is 5.75 Å². The van der Waals surface area contributed by atoms with E-state index in [1.54, 1.807) is 0 Å². The first-order chi connectivity index (χ1) is 10.7. The molecule has 1 aliphatic carbocycles. The first kappa shape index (κ1) is 17.4. The summed E-state index contributed by atoms with van der Waals surface area (Å²) in [4.78, 5) is 4.13. The molecule has 4 N–H and O–H groups in total. The van der Waals surface area contributed by atoms with E-state index >= 15 is 0 Å². The topological polar surface area (TPSA) is 79.9 Å². The summed E-state index contributed by atoms with van der Waals surface area (Å²) in [5, 5.41) is 13.2. The van der Waals surface area contributed by atoms with Gasteiger partial charge in [0.2, 0.25) is 0 Å². The largest absolute Gasteiger partial charge is 0.573 e. The van der Waals surface area contributed by atoms with Crippen LogP contribution in [0.1, 0.15) is 26.2 Å². The minimum Gasteiger partial charge on any atom is -0.406 e. The van der Waals surface area contributed by atoms with E-state index in [-0.39, 0.29) is 24.2 Å². The standard InChI is InChI=1S/C15H20F3N3O2/c1-10-3-2-8-14(10,22)9-20-13(19)21-11-4-6-12(7-5-11)23-15(16,17)18/h4-7,10,22H,2-3,8-9H2,1H3,(H3,19,20,21). The monoisotopic (exact) mass is 331 g/mol. The summed E-state index contributed by atoms with van der Waals surface area (Å²) in [5.41, 5.74) is 5.39. The summed E-state index contributed by atoms with van der Waals surface area (Å²) >= 11 is 0. The molecule has 2 unspecified atom stereocenters. The molecule has 23 heavy (non-hydrogen) atoms. The van der Waals surface area contributed by atoms with Crippen LogP contribution < -0.4 is 15.8 Å². The fourth-order valence-corrected chi connectivity index (χ4v) is 2.61. The van der Waals surface area contributed by atoms with Gasteiger partial charge in [-0.15, -0.1) is 13.2 Å². The molecule has 0 spiro atoms. The Balaban J connectivity index is 1.92. The van der Waals surface area contributed by atoms with Crippen molar-refractivity contribution in [3.05, 3.63) is 24.3 Å². The number of nitrogens with one attached hydrogen (secondary N) is 1. The van der Waals surface area contributed by atoms with Gasteiger partial charge >= 0.3 is 6.36 Å². The number of halogens is 3. The van der Waals surface area contributed by atoms with Crippen LogP contribution in [0.25, 0.3) is 0 Å². The van der Waals surface area contributed by atoms with E-state index < -0.39 is 12.0 Å². The number of anilines is 1. The van der Waals surface area contributed by atoms with Crippen LogP contribution in [0.15, 0.2) is 29.3 Å². The van der Waals surface area contributed by atoms with Crippen LogP contribution in [0.5, 0.6) is 5.75 Å². The van der Waals surface area contributed by atoms with E-state index in [0.717, 1.165) is 12.8 Å². The zero-order valence-electron chi connectivity index (χ0n) is 12.7. The van der Waals surface area contributed by atoms with Crippen molar-refractivity contribution in [1.29, 1.82) is 0 Å². The molecule has 0 aromatic heterocycles. The Morgan fingerprint density at radius 3 is 2.61 bits per heavy atom. The Bertz CT molecular complexity index is 560. The zero-order chi connectivity index (χ0) is 17.1. The van der Waals surface area contributed by atoms with Gasteiger partial charge in [-0.2, -0.15) is 0 Å². The third-order valence-corrected chi connectivity index (χ3v) is 4.05. The normalized spacial score (nSPS) is 25.4. The third-order valence-electron chi connectivity index (χ3n) is 4.05. The van der Waals surface area contributed by atoms with Crippen LogP contribution >= 0.6 is 0 Å². The Morgan fingerprint density at radius 1 is 1.43 bits per heavy atom. The fraction of sp³-hybridized carbons (Fsp3) is 0.533. The van der Waals surface area contributed by atoms with Crippen molar-refractivity contribution >= 4 is 11.6 Å². The van der Waals surface area contributed by atoms with E-state index in [4.69, 9.17) is 5.73 Å². The lowest BCUT2D eigenvalue weighted by molar-refractivity contribution is -0.274. The zero-order valence-corrected chi connectivity index (χ0v) is 12.7. The van der Waals surface area contributed by atoms with E-state index in [2.05, 4.69) is 15.0 Å². The number of alkyl halides is 3. The van der Waals surface area contributed by atoms with Crippen LogP contribution in [0, 0.1) is 5.92 Å². The average Bonchev–Trinajstić information content (AvgIpc) is 2.78. The smallest absolute Gasteiger partial charge is 0.406 e. The van der Waals surface area contributed by atoms with E-state index in [0.29, 0.717) is 12.1 Å². The van der Waals surface area contributed by atoms with Crippen molar-refractivity contribution in [3.63, 3.8) is 0 Å². The van der Waals surface area contributed by atoms with Gasteiger partial charge in [0.1, 0.15) is 5.75 Å². The number of ether oxygens (including phenoxy) is 1. The van der Waals surface area contributed by atoms with Crippen molar-refractivity contribution in [2.24, 2.45) is 16.6 Å². The maximum absolute atomic E-state index is 12.1. The van der Waals surface area contributed by atoms with Gasteiger partial charge in [-0.1, -0.05) is 13.3 Å². The molecule has 0 aliphatic heterocycles. The van der Waals surface area contributed by atoms with Crippen LogP contribution in [0.3, 0.4) is 0 Å². The second-order valence-corrected chi connectivity index (χ2v) is 5.80. The van der Waals surface area contributed by atoms with Gasteiger partial charge in [0.05, 0.1) is 12.1 Å². The van der Waals surface area contributed by atoms with Crippen LogP contribution in [-0.2, 0) is 0 Å². The Hall–Kier alpha value is -1.96. The predicted molar refractivity (Wildman–Crippen MR) is 81.2 cm³/mol. The van der Waals surface area contributed by atoms with Gasteiger partial charge in [0.25, 0.3) is 0 Å². The summed E-state index contributed by atoms with van der Waals surface area (Å²) in [5.74, 6) is -0.0486. The van der Waals surface area contributed by atoms with Gasteiger partial charge in [0, 0.05) is 5.69 Å². The number of hydrogen-bond acceptors (Lipinski definition) is 3. The number of hydrogen-bond donors (Lipinski definition) is 3. The highest BCUT2D eigenvalue weighted by Crippen LogP contribution is 2.35. The van der Waals surface area contributed by atoms with Gasteiger partial charge < -0.3 is 20.9 Å². The molecule has 1 aromatic carbocycles. The predicted octanol–water partition coefficient (Wildman–Crippen LogP) is 2.86. The summed E-state index contributed by atoms with van der Waals surface area (Å²) in [6.45, 7) is 2.17. The Morgan fingerprint density at radius 2 is 2.09 bits per heavy atom. The fourth-order valence-electron chi connectivity index (χ4n) is 2.61. The molecule has 2 atom stereocenters. The minimum absolute atomic E-state index is 0.0991. The SMILES string of the molecule is CC1CCCC1(O)CN=C(N)Nc1ccc(OC(F)(F)F)cc1. The molecule has 0 amide bonds. The van der Waals surface area contributed by atoms with Gasteiger partial charge in [-0.3, -0.25) is 4.99 Å². The van der Waals surface area contributed by atoms with Gasteiger partial charge in [-0.05, 0) is 43.0 Å². The molecule has 128 valence electrons. The molecule has 1 saturated carbocycles. The molecular weight excluding hydrogens is 311 g/mol. The number of rotatable bonds is 4. The van der Waals surface area contributed by atoms with Gasteiger partial charge in [-0.25, -0.2) is 0 Å². The molecule has 8 heteroatoms. The third kappa shape index (κ3) is 5.02. The van der Waals surface area contributed by atoms with Crippen molar-refractivity contribution in [1.82, 2.24) is 0 Å². The number of guanidine groups is 1. The molecule has 2 rings (SSSR count). The Kier molecular flexibility index (Phi) is 5.03. The first-order valence-corrected chi connectivity index (χ1v) is 7.33. The lowest BCUT2D eigenvalue weighted by atomic mass is 9.93. The maximum atomic E-state index is 12.1. The second-order valence-electron chi connectivity index (χ2n) is 5.80. The quantitative estimate of drug-likeness (QED) is 0.585. The molecule has 1 fully saturated rings. The van der Waals surface area contributed by atoms with E-state index in [1.807, 2.05) is 6.92 Å². The number of benzene rings is 1. The summed E-state index contributed by atoms with van der Waals surface area (Å²) in [6.07, 6.45) is -2.11. The first-order valence-electron chi connectivity index (χ1n) is 7.33. The lowest BCUT2D eigenvalue weighted by Gasteiger charge is -2.25. The van der Waals surface area contributed by atoms with Crippen molar-refractivity contribution < 1.29 is 23.0 Å². The summed E-state index contributed by atoms with van der Waals surface area (Å²) < 4.78 is 40.0. The number of nitrogens with zero attached hydrogens (tertiary/aromatic N) is 1. The molecule has 0 saturated heterocycles. The molecule has 5 nitrogen and oxygen atoms in total. The van der Waals surface area contributed by atoms with Crippen LogP contribution in [0.4, 0.5) is 18.9 Å². The molecule has 1 aromatic rings. The van der Waals surface area contributed by atoms with Crippen LogP contribution in [-0.4, -0.2) is 29.6 Å². The van der Waals surface area contributed by atoms with E-state index in [1.165, 1.54) is 24.3 Å². The second kappa shape index (κ2) is 6.66. The summed E-state index contributed by atoms with van der Waals surface area (Å²) in [6, 6.07) is 5.15. The molecule has 1 aliphatic rings. The highest BCUT2D eigenvalue weighted by Gasteiger charge is 2.37. The van der Waals surface area contributed by atoms with Gasteiger partial charge in [0.15, 0.2) is 5.96 Å². The Labute approximate surface area is 132 Å². The van der Waals surface area contributed by atoms with E-state index in [9.17, 15) is 18.3 Å². The number of aliphatic imine (C=N–C) groups is 1. The molecule has 0 bridgehead atoms. The highest BCUT2D eigenvalue weighted by molar-refractivity contribution is 5.92. The minimum atomic E-state index is -4.72. The average molecular weight is 331 g/mol. The number of aliphatic hydroxyl groups is 1. The molecular formula is C15H20F3N3O2.